The van der Waals surface area contributed by atoms with E-state index in [-0.39, 0.29) is 34.5 Å². The van der Waals surface area contributed by atoms with Gasteiger partial charge in [0.05, 0.1) is 23.6 Å². The Morgan fingerprint density at radius 2 is 1.93 bits per heavy atom. The number of halogens is 1. The number of aliphatic hydroxyl groups excluding tert-OH is 1. The van der Waals surface area contributed by atoms with E-state index in [9.17, 15) is 14.1 Å². The zero-order chi connectivity index (χ0) is 31.4. The molecular formula is C35H49ClN2O5S. The first-order valence-electron chi connectivity index (χ1n) is 16.3. The summed E-state index contributed by atoms with van der Waals surface area (Å²) in [6.07, 6.45) is 7.47. The van der Waals surface area contributed by atoms with Gasteiger partial charge in [0, 0.05) is 42.8 Å². The third-order valence-electron chi connectivity index (χ3n) is 10.5. The molecule has 2 aliphatic heterocycles. The number of benzene rings is 2. The predicted molar refractivity (Wildman–Crippen MR) is 178 cm³/mol. The van der Waals surface area contributed by atoms with Crippen LogP contribution in [0.3, 0.4) is 0 Å². The fraction of sp³-hybridized carbons (Fsp3) is 0.629. The number of nitrogens with zero attached hydrogens (tertiary/aromatic N) is 1. The van der Waals surface area contributed by atoms with Crippen LogP contribution in [0, 0.1) is 17.8 Å². The number of methoxy groups -OCH3 is 1. The highest BCUT2D eigenvalue weighted by Gasteiger charge is 2.44. The Labute approximate surface area is 270 Å². The van der Waals surface area contributed by atoms with Crippen molar-refractivity contribution < 1.29 is 23.6 Å². The van der Waals surface area contributed by atoms with Gasteiger partial charge in [-0.25, -0.2) is 4.21 Å². The molecule has 6 rings (SSSR count). The molecule has 1 spiro atoms. The van der Waals surface area contributed by atoms with Gasteiger partial charge in [-0.05, 0) is 118 Å². The number of anilines is 1. The standard InChI is InChI=1S/C32H41ClN2O4S.C3H8O/c1-20-5-3-7-29(36)26-11-8-24(26)17-35-18-32(14-4-6-22-15-25(33)10-12-27(22)32)19-39-30-13-9-23(16-28(30)35)31(37)34-40(38)21(20)2;1-3-4-2/h9-10,12-13,15-16,20-21,24,26,29,36H,3-8,11,14,17-19H2,1-2H3,(H,34,37);3H2,1-2H3/t20?,21?,24?,26?,29?,32-,40?;/m0./s1. The molecule has 6 unspecified atom stereocenters. The van der Waals surface area contributed by atoms with Gasteiger partial charge >= 0.3 is 0 Å². The molecule has 2 aromatic rings. The van der Waals surface area contributed by atoms with Crippen molar-refractivity contribution in [2.45, 2.75) is 88.9 Å². The van der Waals surface area contributed by atoms with Crippen molar-refractivity contribution >= 4 is 34.2 Å². The number of nitrogens with one attached hydrogen (secondary N) is 1. The molecule has 2 N–H and O–H groups in total. The molecule has 7 nitrogen and oxygen atoms in total. The maximum absolute atomic E-state index is 13.3. The highest BCUT2D eigenvalue weighted by molar-refractivity contribution is 7.84. The molecule has 2 aromatic carbocycles. The SMILES string of the molecule is CC1CCCC(O)C2CCC2CN2C[C@@]3(CCCc4cc(Cl)ccc43)COc3ccc(cc32)C(=O)NS(=O)C1C.CCOC. The lowest BCUT2D eigenvalue weighted by molar-refractivity contribution is 0.00857. The van der Waals surface area contributed by atoms with E-state index in [1.807, 2.05) is 32.0 Å². The van der Waals surface area contributed by atoms with Crippen LogP contribution in [0.4, 0.5) is 5.69 Å². The fourth-order valence-electron chi connectivity index (χ4n) is 7.42. The summed E-state index contributed by atoms with van der Waals surface area (Å²) in [5.74, 6) is 1.30. The van der Waals surface area contributed by atoms with Crippen molar-refractivity contribution in [3.05, 3.63) is 58.1 Å². The Hall–Kier alpha value is -2.13. The number of rotatable bonds is 1. The first-order valence-corrected chi connectivity index (χ1v) is 17.9. The van der Waals surface area contributed by atoms with E-state index in [2.05, 4.69) is 33.4 Å². The second-order valence-corrected chi connectivity index (χ2v) is 15.3. The van der Waals surface area contributed by atoms with E-state index < -0.39 is 11.0 Å². The zero-order valence-electron chi connectivity index (χ0n) is 26.6. The first-order chi connectivity index (χ1) is 21.2. The summed E-state index contributed by atoms with van der Waals surface area (Å²) in [6, 6.07) is 11.9. The third kappa shape index (κ3) is 7.14. The lowest BCUT2D eigenvalue weighted by Gasteiger charge is -2.46. The van der Waals surface area contributed by atoms with Crippen LogP contribution in [0.5, 0.6) is 5.75 Å². The minimum absolute atomic E-state index is 0.175. The van der Waals surface area contributed by atoms with E-state index in [1.54, 1.807) is 13.2 Å². The van der Waals surface area contributed by atoms with Gasteiger partial charge in [0.25, 0.3) is 5.91 Å². The van der Waals surface area contributed by atoms with Crippen molar-refractivity contribution in [1.29, 1.82) is 0 Å². The van der Waals surface area contributed by atoms with E-state index in [0.29, 0.717) is 18.1 Å². The minimum Gasteiger partial charge on any atom is -0.490 e. The number of amides is 1. The lowest BCUT2D eigenvalue weighted by Crippen LogP contribution is -2.49. The summed E-state index contributed by atoms with van der Waals surface area (Å²) < 4.78 is 26.9. The maximum Gasteiger partial charge on any atom is 0.263 e. The molecule has 9 heteroatoms. The van der Waals surface area contributed by atoms with E-state index >= 15 is 0 Å². The van der Waals surface area contributed by atoms with Crippen molar-refractivity contribution in [1.82, 2.24) is 4.72 Å². The smallest absolute Gasteiger partial charge is 0.263 e. The van der Waals surface area contributed by atoms with Gasteiger partial charge in [0.15, 0.2) is 0 Å². The van der Waals surface area contributed by atoms with Crippen LogP contribution < -0.4 is 14.4 Å². The molecule has 0 saturated heterocycles. The van der Waals surface area contributed by atoms with Gasteiger partial charge < -0.3 is 19.5 Å². The topological polar surface area (TPSA) is 88.1 Å². The maximum atomic E-state index is 13.3. The number of carbonyl (C=O) groups excluding carboxylic acids is 1. The quantitative estimate of drug-likeness (QED) is 0.371. The largest absolute Gasteiger partial charge is 0.490 e. The summed E-state index contributed by atoms with van der Waals surface area (Å²) in [6.45, 7) is 8.95. The van der Waals surface area contributed by atoms with Crippen LogP contribution in [-0.2, 0) is 27.6 Å². The van der Waals surface area contributed by atoms with E-state index in [4.69, 9.17) is 16.3 Å². The number of hydrogen-bond acceptors (Lipinski definition) is 6. The van der Waals surface area contributed by atoms with E-state index in [1.165, 1.54) is 11.1 Å². The number of hydrogen-bond donors (Lipinski definition) is 2. The highest BCUT2D eigenvalue weighted by Crippen LogP contribution is 2.47. The summed E-state index contributed by atoms with van der Waals surface area (Å²) in [5.41, 5.74) is 3.82. The lowest BCUT2D eigenvalue weighted by atomic mass is 9.68. The summed E-state index contributed by atoms with van der Waals surface area (Å²) >= 11 is 6.39. The number of aliphatic hydroxyl groups is 1. The van der Waals surface area contributed by atoms with E-state index in [0.717, 1.165) is 87.5 Å². The molecule has 1 amide bonds. The molecule has 2 aliphatic carbocycles. The first kappa shape index (κ1) is 33.2. The molecule has 2 bridgehead atoms. The van der Waals surface area contributed by atoms with Crippen LogP contribution in [0.25, 0.3) is 0 Å². The molecule has 1 fully saturated rings. The monoisotopic (exact) mass is 644 g/mol. The molecule has 4 aliphatic rings. The highest BCUT2D eigenvalue weighted by atomic mass is 35.5. The molecule has 1 saturated carbocycles. The Morgan fingerprint density at radius 1 is 1.14 bits per heavy atom. The predicted octanol–water partition coefficient (Wildman–Crippen LogP) is 6.45. The molecule has 242 valence electrons. The number of ether oxygens (including phenoxy) is 2. The molecule has 2 heterocycles. The Morgan fingerprint density at radius 3 is 2.66 bits per heavy atom. The number of carbonyl (C=O) groups is 1. The van der Waals surface area contributed by atoms with Gasteiger partial charge in [0.2, 0.25) is 0 Å². The second-order valence-electron chi connectivity index (χ2n) is 13.3. The molecular weight excluding hydrogens is 596 g/mol. The average molecular weight is 645 g/mol. The number of fused-ring (bicyclic) bond motifs is 4. The van der Waals surface area contributed by atoms with Crippen LogP contribution >= 0.6 is 11.6 Å². The Balaban J connectivity index is 0.000000906. The van der Waals surface area contributed by atoms with Crippen molar-refractivity contribution in [2.75, 3.05) is 38.3 Å². The van der Waals surface area contributed by atoms with Gasteiger partial charge in [-0.1, -0.05) is 31.0 Å². The van der Waals surface area contributed by atoms with Crippen LogP contribution in [0.1, 0.15) is 87.2 Å². The fourth-order valence-corrected chi connectivity index (χ4v) is 8.66. The molecule has 7 atom stereocenters. The number of aryl methyl sites for hydroxylation is 1. The van der Waals surface area contributed by atoms with Gasteiger partial charge in [-0.15, -0.1) is 0 Å². The van der Waals surface area contributed by atoms with Crippen LogP contribution in [-0.4, -0.2) is 60.0 Å². The van der Waals surface area contributed by atoms with Crippen molar-refractivity contribution in [3.63, 3.8) is 0 Å². The van der Waals surface area contributed by atoms with Gasteiger partial charge in [0.1, 0.15) is 16.7 Å². The van der Waals surface area contributed by atoms with Crippen molar-refractivity contribution in [2.24, 2.45) is 17.8 Å². The average Bonchev–Trinajstić information content (AvgIpc) is 3.15. The molecule has 0 radical (unpaired) electrons. The minimum atomic E-state index is -1.50. The summed E-state index contributed by atoms with van der Waals surface area (Å²) in [4.78, 5) is 15.7. The van der Waals surface area contributed by atoms with Crippen LogP contribution in [0.15, 0.2) is 36.4 Å². The van der Waals surface area contributed by atoms with Crippen LogP contribution in [0.2, 0.25) is 5.02 Å². The summed E-state index contributed by atoms with van der Waals surface area (Å²) in [5, 5.41) is 11.8. The second kappa shape index (κ2) is 14.5. The molecule has 0 aromatic heterocycles. The Kier molecular flexibility index (Phi) is 11.0. The Bertz CT molecular complexity index is 1340. The summed E-state index contributed by atoms with van der Waals surface area (Å²) in [7, 11) is 0.184. The van der Waals surface area contributed by atoms with Gasteiger partial charge in [-0.3, -0.25) is 9.52 Å². The zero-order valence-corrected chi connectivity index (χ0v) is 28.2. The van der Waals surface area contributed by atoms with Crippen molar-refractivity contribution in [3.8, 4) is 5.75 Å². The van der Waals surface area contributed by atoms with Gasteiger partial charge in [-0.2, -0.15) is 0 Å². The molecule has 44 heavy (non-hydrogen) atoms. The third-order valence-corrected chi connectivity index (χ3v) is 12.3. The normalized spacial score (nSPS) is 32.0.